The highest BCUT2D eigenvalue weighted by Crippen LogP contribution is 2.17. The first-order chi connectivity index (χ1) is 8.16. The molecule has 5 nitrogen and oxygen atoms in total. The molecule has 1 amide bonds. The van der Waals surface area contributed by atoms with E-state index in [-0.39, 0.29) is 0 Å². The monoisotopic (exact) mass is 237 g/mol. The van der Waals surface area contributed by atoms with E-state index >= 15 is 0 Å². The average Bonchev–Trinajstić information content (AvgIpc) is 2.34. The lowest BCUT2D eigenvalue weighted by atomic mass is 10.1. The minimum Gasteiger partial charge on any atom is -0.368 e. The lowest BCUT2D eigenvalue weighted by Gasteiger charge is -2.25. The van der Waals surface area contributed by atoms with E-state index in [4.69, 9.17) is 11.5 Å². The molecule has 0 spiro atoms. The Labute approximate surface area is 101 Å². The number of nitrogens with two attached hydrogens (primary N) is 2. The molecule has 0 aliphatic carbocycles. The van der Waals surface area contributed by atoms with Gasteiger partial charge in [0, 0.05) is 0 Å². The second kappa shape index (κ2) is 6.88. The summed E-state index contributed by atoms with van der Waals surface area (Å²) >= 11 is 0. The standard InChI is InChI=1S/C12H19N3O2/c13-9-5-4-8-11(12(14)16)15(17)10-6-2-1-3-7-10/h1-3,6-7,11,17H,4-5,8-9,13H2,(H2,14,16)/t11-/m0/s1. The fourth-order valence-electron chi connectivity index (χ4n) is 1.63. The van der Waals surface area contributed by atoms with E-state index in [1.807, 2.05) is 6.07 Å². The van der Waals surface area contributed by atoms with Gasteiger partial charge < -0.3 is 11.5 Å². The van der Waals surface area contributed by atoms with Crippen molar-refractivity contribution < 1.29 is 10.0 Å². The molecule has 0 aliphatic heterocycles. The molecular formula is C12H19N3O2. The Morgan fingerprint density at radius 1 is 1.29 bits per heavy atom. The molecule has 1 atom stereocenters. The minimum atomic E-state index is -0.705. The van der Waals surface area contributed by atoms with Gasteiger partial charge in [0.05, 0.1) is 5.69 Å². The zero-order valence-electron chi connectivity index (χ0n) is 9.75. The first-order valence-electron chi connectivity index (χ1n) is 5.69. The Bertz CT molecular complexity index is 343. The van der Waals surface area contributed by atoms with Gasteiger partial charge in [-0.2, -0.15) is 0 Å². The zero-order chi connectivity index (χ0) is 12.7. The molecule has 5 N–H and O–H groups in total. The number of hydroxylamine groups is 1. The summed E-state index contributed by atoms with van der Waals surface area (Å²) in [5.74, 6) is -0.534. The van der Waals surface area contributed by atoms with Crippen molar-refractivity contribution in [2.45, 2.75) is 25.3 Å². The van der Waals surface area contributed by atoms with E-state index in [1.165, 1.54) is 0 Å². The van der Waals surface area contributed by atoms with Crippen LogP contribution in [0.1, 0.15) is 19.3 Å². The van der Waals surface area contributed by atoms with Crippen LogP contribution in [0.5, 0.6) is 0 Å². The van der Waals surface area contributed by atoms with Gasteiger partial charge in [-0.15, -0.1) is 0 Å². The number of rotatable bonds is 7. The fourth-order valence-corrected chi connectivity index (χ4v) is 1.63. The van der Waals surface area contributed by atoms with E-state index in [0.29, 0.717) is 18.7 Å². The van der Waals surface area contributed by atoms with Gasteiger partial charge >= 0.3 is 0 Å². The number of unbranched alkanes of at least 4 members (excludes halogenated alkanes) is 1. The third-order valence-corrected chi connectivity index (χ3v) is 2.58. The summed E-state index contributed by atoms with van der Waals surface area (Å²) < 4.78 is 0. The van der Waals surface area contributed by atoms with Crippen molar-refractivity contribution in [2.75, 3.05) is 11.6 Å². The van der Waals surface area contributed by atoms with Gasteiger partial charge in [-0.25, -0.2) is 5.06 Å². The van der Waals surface area contributed by atoms with Crippen LogP contribution in [-0.4, -0.2) is 23.7 Å². The van der Waals surface area contributed by atoms with Gasteiger partial charge in [-0.05, 0) is 37.9 Å². The fraction of sp³-hybridized carbons (Fsp3) is 0.417. The highest BCUT2D eigenvalue weighted by atomic mass is 16.5. The van der Waals surface area contributed by atoms with Gasteiger partial charge in [0.25, 0.3) is 0 Å². The Kier molecular flexibility index (Phi) is 5.45. The summed E-state index contributed by atoms with van der Waals surface area (Å²) in [5.41, 5.74) is 11.2. The number of anilines is 1. The molecule has 0 unspecified atom stereocenters. The zero-order valence-corrected chi connectivity index (χ0v) is 9.75. The lowest BCUT2D eigenvalue weighted by molar-refractivity contribution is -0.120. The van der Waals surface area contributed by atoms with Crippen LogP contribution < -0.4 is 16.5 Å². The van der Waals surface area contributed by atoms with Gasteiger partial charge in [0.2, 0.25) is 5.91 Å². The molecule has 17 heavy (non-hydrogen) atoms. The topological polar surface area (TPSA) is 92.6 Å². The van der Waals surface area contributed by atoms with Gasteiger partial charge in [0.15, 0.2) is 0 Å². The van der Waals surface area contributed by atoms with Gasteiger partial charge in [-0.3, -0.25) is 10.0 Å². The molecule has 0 bridgehead atoms. The van der Waals surface area contributed by atoms with Crippen molar-refractivity contribution in [3.05, 3.63) is 30.3 Å². The molecule has 1 aromatic carbocycles. The van der Waals surface area contributed by atoms with Crippen molar-refractivity contribution in [2.24, 2.45) is 11.5 Å². The molecule has 0 fully saturated rings. The summed E-state index contributed by atoms with van der Waals surface area (Å²) in [6, 6.07) is 8.15. The minimum absolute atomic E-state index is 0.498. The Morgan fingerprint density at radius 2 is 1.94 bits per heavy atom. The predicted molar refractivity (Wildman–Crippen MR) is 66.6 cm³/mol. The number of nitrogens with zero attached hydrogens (tertiary/aromatic N) is 1. The van der Waals surface area contributed by atoms with Crippen molar-refractivity contribution in [1.82, 2.24) is 0 Å². The van der Waals surface area contributed by atoms with Crippen LogP contribution in [0.2, 0.25) is 0 Å². The average molecular weight is 237 g/mol. The van der Waals surface area contributed by atoms with E-state index in [2.05, 4.69) is 0 Å². The number of amides is 1. The summed E-state index contributed by atoms with van der Waals surface area (Å²) in [4.78, 5) is 11.3. The molecule has 94 valence electrons. The number of hydrogen-bond donors (Lipinski definition) is 3. The van der Waals surface area contributed by atoms with Crippen LogP contribution in [0.25, 0.3) is 0 Å². The lowest BCUT2D eigenvalue weighted by Crippen LogP contribution is -2.43. The van der Waals surface area contributed by atoms with Crippen LogP contribution in [0.3, 0.4) is 0 Å². The first-order valence-corrected chi connectivity index (χ1v) is 5.69. The van der Waals surface area contributed by atoms with Crippen LogP contribution in [-0.2, 0) is 4.79 Å². The second-order valence-corrected chi connectivity index (χ2v) is 3.88. The number of carbonyl (C=O) groups excluding carboxylic acids is 1. The van der Waals surface area contributed by atoms with E-state index in [9.17, 15) is 10.0 Å². The summed E-state index contributed by atoms with van der Waals surface area (Å²) in [5, 5.41) is 10.9. The number of primary amides is 1. The van der Waals surface area contributed by atoms with Gasteiger partial charge in [0.1, 0.15) is 6.04 Å². The normalized spacial score (nSPS) is 12.1. The smallest absolute Gasteiger partial charge is 0.242 e. The van der Waals surface area contributed by atoms with E-state index < -0.39 is 11.9 Å². The largest absolute Gasteiger partial charge is 0.368 e. The van der Waals surface area contributed by atoms with Crippen LogP contribution >= 0.6 is 0 Å². The number of hydrogen-bond acceptors (Lipinski definition) is 4. The summed E-state index contributed by atoms with van der Waals surface area (Å²) in [6.45, 7) is 0.572. The molecule has 0 heterocycles. The number of carbonyl (C=O) groups is 1. The summed E-state index contributed by atoms with van der Waals surface area (Å²) in [7, 11) is 0. The molecule has 0 aliphatic rings. The number of benzene rings is 1. The highest BCUT2D eigenvalue weighted by Gasteiger charge is 2.22. The van der Waals surface area contributed by atoms with Crippen LogP contribution in [0.4, 0.5) is 5.69 Å². The molecule has 0 aromatic heterocycles. The van der Waals surface area contributed by atoms with Gasteiger partial charge in [-0.1, -0.05) is 18.2 Å². The molecule has 0 saturated carbocycles. The van der Waals surface area contributed by atoms with E-state index in [1.54, 1.807) is 24.3 Å². The van der Waals surface area contributed by atoms with Crippen molar-refractivity contribution >= 4 is 11.6 Å². The maximum absolute atomic E-state index is 11.3. The van der Waals surface area contributed by atoms with E-state index in [0.717, 1.165) is 17.9 Å². The number of para-hydroxylation sites is 1. The van der Waals surface area contributed by atoms with Crippen molar-refractivity contribution in [3.63, 3.8) is 0 Å². The van der Waals surface area contributed by atoms with Crippen LogP contribution in [0.15, 0.2) is 30.3 Å². The Hall–Kier alpha value is -1.59. The van der Waals surface area contributed by atoms with Crippen molar-refractivity contribution in [3.8, 4) is 0 Å². The SMILES string of the molecule is NCCCC[C@@H](C(N)=O)N(O)c1ccccc1. The maximum atomic E-state index is 11.3. The Morgan fingerprint density at radius 3 is 2.47 bits per heavy atom. The molecule has 0 saturated heterocycles. The third-order valence-electron chi connectivity index (χ3n) is 2.58. The first kappa shape index (κ1) is 13.5. The summed E-state index contributed by atoms with van der Waals surface area (Å²) in [6.07, 6.45) is 2.07. The van der Waals surface area contributed by atoms with Crippen molar-refractivity contribution in [1.29, 1.82) is 0 Å². The quantitative estimate of drug-likeness (QED) is 0.484. The molecule has 1 rings (SSSR count). The molecular weight excluding hydrogens is 218 g/mol. The maximum Gasteiger partial charge on any atom is 0.242 e. The second-order valence-electron chi connectivity index (χ2n) is 3.88. The molecule has 0 radical (unpaired) electrons. The highest BCUT2D eigenvalue weighted by molar-refractivity contribution is 5.82. The van der Waals surface area contributed by atoms with Crippen LogP contribution in [0, 0.1) is 0 Å². The molecule has 1 aromatic rings. The predicted octanol–water partition coefficient (Wildman–Crippen LogP) is 0.865. The third kappa shape index (κ3) is 4.05. The molecule has 5 heteroatoms. The Balaban J connectivity index is 2.67.